The van der Waals surface area contributed by atoms with Crippen molar-refractivity contribution >= 4 is 29.5 Å². The lowest BCUT2D eigenvalue weighted by atomic mass is 10.0. The van der Waals surface area contributed by atoms with Crippen molar-refractivity contribution in [3.8, 4) is 23.8 Å². The number of terminal acetylenes is 1. The zero-order chi connectivity index (χ0) is 23.2. The zero-order valence-corrected chi connectivity index (χ0v) is 18.5. The molecule has 2 heterocycles. The second-order valence-corrected chi connectivity index (χ2v) is 7.86. The number of hydrogen-bond acceptors (Lipinski definition) is 7. The Hall–Kier alpha value is -3.83. The van der Waals surface area contributed by atoms with E-state index in [2.05, 4.69) is 10.9 Å². The van der Waals surface area contributed by atoms with E-state index in [1.165, 1.54) is 0 Å². The van der Waals surface area contributed by atoms with E-state index in [1.54, 1.807) is 18.9 Å². The number of nitrogens with zero attached hydrogens (tertiary/aromatic N) is 3. The Morgan fingerprint density at radius 2 is 2.03 bits per heavy atom. The Balaban J connectivity index is 1.48. The van der Waals surface area contributed by atoms with E-state index in [4.69, 9.17) is 26.1 Å². The minimum Gasteiger partial charge on any atom is -0.493 e. The number of aliphatic imine (C=N–C) groups is 2. The molecule has 33 heavy (non-hydrogen) atoms. The van der Waals surface area contributed by atoms with Crippen LogP contribution in [0.2, 0.25) is 0 Å². The lowest BCUT2D eigenvalue weighted by molar-refractivity contribution is -0.129. The number of fused-ring (bicyclic) bond motifs is 4. The van der Waals surface area contributed by atoms with Crippen LogP contribution in [0.4, 0.5) is 11.4 Å². The van der Waals surface area contributed by atoms with Crippen LogP contribution in [0.5, 0.6) is 11.5 Å². The average Bonchev–Trinajstić information content (AvgIpc) is 2.85. The highest BCUT2D eigenvalue weighted by Gasteiger charge is 2.27. The Labute approximate surface area is 192 Å². The summed E-state index contributed by atoms with van der Waals surface area (Å²) in [4.78, 5) is 22.5. The summed E-state index contributed by atoms with van der Waals surface area (Å²) < 4.78 is 11.6. The Morgan fingerprint density at radius 3 is 2.82 bits per heavy atom. The maximum atomic E-state index is 11.0. The highest BCUT2D eigenvalue weighted by atomic mass is 16.5. The van der Waals surface area contributed by atoms with Crippen LogP contribution >= 0.6 is 0 Å². The number of carbonyl (C=O) groups is 1. The molecule has 0 aliphatic carbocycles. The van der Waals surface area contributed by atoms with Crippen LogP contribution in [0.25, 0.3) is 0 Å². The third-order valence-corrected chi connectivity index (χ3v) is 5.63. The normalized spacial score (nSPS) is 13.2. The van der Waals surface area contributed by atoms with Crippen LogP contribution < -0.4 is 15.0 Å². The molecule has 0 fully saturated rings. The maximum Gasteiger partial charge on any atom is 0.243 e. The van der Waals surface area contributed by atoms with Gasteiger partial charge in [-0.25, -0.2) is 15.5 Å². The lowest BCUT2D eigenvalue weighted by Crippen LogP contribution is -2.34. The molecule has 8 heteroatoms. The third kappa shape index (κ3) is 4.99. The van der Waals surface area contributed by atoms with Crippen molar-refractivity contribution in [2.45, 2.75) is 38.6 Å². The fourth-order valence-electron chi connectivity index (χ4n) is 3.86. The smallest absolute Gasteiger partial charge is 0.243 e. The van der Waals surface area contributed by atoms with Gasteiger partial charge in [0.1, 0.15) is 5.84 Å². The zero-order valence-electron chi connectivity index (χ0n) is 18.5. The van der Waals surface area contributed by atoms with Gasteiger partial charge in [0.05, 0.1) is 38.0 Å². The van der Waals surface area contributed by atoms with Gasteiger partial charge in [-0.15, -0.1) is 6.42 Å². The molecule has 4 rings (SSSR count). The summed E-state index contributed by atoms with van der Waals surface area (Å²) in [5.41, 5.74) is 6.05. The summed E-state index contributed by atoms with van der Waals surface area (Å²) in [6.45, 7) is 1.19. The molecule has 8 nitrogen and oxygen atoms in total. The molecule has 2 aliphatic rings. The number of nitrogens with one attached hydrogen (secondary N) is 1. The van der Waals surface area contributed by atoms with Gasteiger partial charge in [-0.3, -0.25) is 10.0 Å². The largest absolute Gasteiger partial charge is 0.493 e. The van der Waals surface area contributed by atoms with Crippen molar-refractivity contribution in [2.75, 3.05) is 13.7 Å². The van der Waals surface area contributed by atoms with Crippen molar-refractivity contribution < 1.29 is 19.5 Å². The van der Waals surface area contributed by atoms with Gasteiger partial charge < -0.3 is 14.4 Å². The molecule has 170 valence electrons. The molecule has 0 aromatic heterocycles. The van der Waals surface area contributed by atoms with E-state index in [1.807, 2.05) is 35.2 Å². The molecule has 0 saturated heterocycles. The molecule has 2 aromatic carbocycles. The fourth-order valence-corrected chi connectivity index (χ4v) is 3.86. The Morgan fingerprint density at radius 1 is 1.18 bits per heavy atom. The fraction of sp³-hybridized carbons (Fsp3) is 0.320. The number of unbranched alkanes of at least 4 members (excludes halogenated alkanes) is 3. The van der Waals surface area contributed by atoms with E-state index in [-0.39, 0.29) is 5.91 Å². The molecule has 2 N–H and O–H groups in total. The van der Waals surface area contributed by atoms with Crippen molar-refractivity contribution in [1.29, 1.82) is 0 Å². The summed E-state index contributed by atoms with van der Waals surface area (Å²) in [6, 6.07) is 9.65. The first-order valence-corrected chi connectivity index (χ1v) is 10.9. The summed E-state index contributed by atoms with van der Waals surface area (Å²) >= 11 is 0. The summed E-state index contributed by atoms with van der Waals surface area (Å²) in [7, 11) is 1.61. The van der Waals surface area contributed by atoms with Crippen LogP contribution in [-0.2, 0) is 11.3 Å². The van der Waals surface area contributed by atoms with Crippen LogP contribution in [0, 0.1) is 12.3 Å². The number of ether oxygens (including phenoxy) is 2. The van der Waals surface area contributed by atoms with Crippen molar-refractivity contribution in [2.24, 2.45) is 9.98 Å². The molecule has 2 aliphatic heterocycles. The predicted octanol–water partition coefficient (Wildman–Crippen LogP) is 4.08. The molecular weight excluding hydrogens is 420 g/mol. The summed E-state index contributed by atoms with van der Waals surface area (Å²) in [6.07, 6.45) is 11.0. The van der Waals surface area contributed by atoms with Crippen LogP contribution in [-0.4, -0.2) is 41.9 Å². The first-order valence-electron chi connectivity index (χ1n) is 10.9. The number of amidine groups is 1. The van der Waals surface area contributed by atoms with Crippen molar-refractivity contribution in [1.82, 2.24) is 10.4 Å². The van der Waals surface area contributed by atoms with Gasteiger partial charge >= 0.3 is 0 Å². The van der Waals surface area contributed by atoms with E-state index >= 15 is 0 Å². The van der Waals surface area contributed by atoms with E-state index < -0.39 is 0 Å². The number of rotatable bonds is 9. The predicted molar refractivity (Wildman–Crippen MR) is 126 cm³/mol. The standard InChI is InChI=1S/C25H26N4O4/c1-3-17-9-10-18-15-29-16-26-21-14-22(32-2)23(13-19(21)25(29)27-20(18)12-17)33-11-7-5-4-6-8-24(30)28-31/h1,9-10,12-14,16,31H,4-8,11,15H2,2H3,(H,28,30). The number of amides is 1. The Kier molecular flexibility index (Phi) is 6.91. The summed E-state index contributed by atoms with van der Waals surface area (Å²) in [5, 5.41) is 8.52. The first kappa shape index (κ1) is 22.4. The molecule has 0 atom stereocenters. The van der Waals surface area contributed by atoms with E-state index in [9.17, 15) is 4.79 Å². The maximum absolute atomic E-state index is 11.0. The topological polar surface area (TPSA) is 95.8 Å². The molecule has 0 unspecified atom stereocenters. The SMILES string of the molecule is C#Cc1ccc2c(c1)N=C1c3cc(OCCCCCCC(=O)NO)c(OC)cc3N=CN1C2. The second-order valence-electron chi connectivity index (χ2n) is 7.86. The second kappa shape index (κ2) is 10.2. The molecule has 0 bridgehead atoms. The quantitative estimate of drug-likeness (QED) is 0.262. The monoisotopic (exact) mass is 446 g/mol. The van der Waals surface area contributed by atoms with Crippen LogP contribution in [0.15, 0.2) is 40.3 Å². The van der Waals surface area contributed by atoms with E-state index in [0.717, 1.165) is 59.6 Å². The Bertz CT molecular complexity index is 1150. The molecule has 2 aromatic rings. The van der Waals surface area contributed by atoms with Crippen molar-refractivity contribution in [3.05, 3.63) is 47.0 Å². The number of hydroxylamine groups is 1. The number of hydrogen-bond donors (Lipinski definition) is 2. The molecular formula is C25H26N4O4. The van der Waals surface area contributed by atoms with Gasteiger partial charge in [0.2, 0.25) is 5.91 Å². The molecule has 0 saturated carbocycles. The average molecular weight is 447 g/mol. The van der Waals surface area contributed by atoms with Gasteiger partial charge in [-0.2, -0.15) is 0 Å². The van der Waals surface area contributed by atoms with Crippen molar-refractivity contribution in [3.63, 3.8) is 0 Å². The summed E-state index contributed by atoms with van der Waals surface area (Å²) in [5.74, 6) is 4.37. The highest BCUT2D eigenvalue weighted by Crippen LogP contribution is 2.40. The number of methoxy groups -OCH3 is 1. The first-order chi connectivity index (χ1) is 16.1. The third-order valence-electron chi connectivity index (χ3n) is 5.63. The molecule has 1 amide bonds. The highest BCUT2D eigenvalue weighted by molar-refractivity contribution is 6.12. The van der Waals surface area contributed by atoms with Gasteiger partial charge in [0.15, 0.2) is 11.5 Å². The van der Waals surface area contributed by atoms with Gasteiger partial charge in [0, 0.05) is 23.6 Å². The van der Waals surface area contributed by atoms with Gasteiger partial charge in [-0.1, -0.05) is 24.8 Å². The van der Waals surface area contributed by atoms with Crippen LogP contribution in [0.1, 0.15) is 48.8 Å². The minimum absolute atomic E-state index is 0.321. The number of benzene rings is 2. The van der Waals surface area contributed by atoms with Gasteiger partial charge in [0.25, 0.3) is 0 Å². The minimum atomic E-state index is -0.356. The lowest BCUT2D eigenvalue weighted by Gasteiger charge is -2.30. The van der Waals surface area contributed by atoms with Gasteiger partial charge in [-0.05, 0) is 36.6 Å². The van der Waals surface area contributed by atoms with Crippen LogP contribution in [0.3, 0.4) is 0 Å². The molecule has 0 radical (unpaired) electrons. The van der Waals surface area contributed by atoms with E-state index in [0.29, 0.717) is 31.1 Å². The molecule has 0 spiro atoms. The number of carbonyl (C=O) groups excluding carboxylic acids is 1.